The zero-order valence-electron chi connectivity index (χ0n) is 7.82. The standard InChI is InChI=1S/C8H16N4/c1-3-5-6-7-8-9-11-12(4-2)10-8/h3-7H2,1-2H3. The average Bonchev–Trinajstić information content (AvgIpc) is 2.53. The van der Waals surface area contributed by atoms with Crippen molar-refractivity contribution in [2.24, 2.45) is 0 Å². The van der Waals surface area contributed by atoms with Crippen molar-refractivity contribution in [2.45, 2.75) is 46.1 Å². The fourth-order valence-electron chi connectivity index (χ4n) is 1.04. The third kappa shape index (κ3) is 2.60. The molecule has 0 atom stereocenters. The minimum atomic E-state index is 0.806. The van der Waals surface area contributed by atoms with Crippen LogP contribution in [0.4, 0.5) is 0 Å². The summed E-state index contributed by atoms with van der Waals surface area (Å²) >= 11 is 0. The molecule has 0 unspecified atom stereocenters. The first-order valence-electron chi connectivity index (χ1n) is 4.63. The lowest BCUT2D eigenvalue weighted by Gasteiger charge is -1.91. The highest BCUT2D eigenvalue weighted by atomic mass is 15.6. The average molecular weight is 168 g/mol. The van der Waals surface area contributed by atoms with E-state index in [2.05, 4.69) is 22.3 Å². The van der Waals surface area contributed by atoms with Gasteiger partial charge in [0.15, 0.2) is 5.82 Å². The summed E-state index contributed by atoms with van der Waals surface area (Å²) in [5.74, 6) is 0.880. The van der Waals surface area contributed by atoms with Gasteiger partial charge in [-0.25, -0.2) is 0 Å². The lowest BCUT2D eigenvalue weighted by atomic mass is 10.2. The first-order chi connectivity index (χ1) is 5.86. The number of aryl methyl sites for hydroxylation is 2. The largest absolute Gasteiger partial charge is 0.174 e. The molecule has 0 amide bonds. The second-order valence-electron chi connectivity index (χ2n) is 2.85. The van der Waals surface area contributed by atoms with Gasteiger partial charge in [0, 0.05) is 6.42 Å². The molecule has 4 heteroatoms. The summed E-state index contributed by atoms with van der Waals surface area (Å²) in [6.07, 6.45) is 4.63. The zero-order chi connectivity index (χ0) is 8.81. The second kappa shape index (κ2) is 4.85. The van der Waals surface area contributed by atoms with Crippen molar-refractivity contribution in [1.82, 2.24) is 20.2 Å². The van der Waals surface area contributed by atoms with E-state index in [9.17, 15) is 0 Å². The maximum Gasteiger partial charge on any atom is 0.174 e. The van der Waals surface area contributed by atoms with Crippen molar-refractivity contribution in [1.29, 1.82) is 0 Å². The van der Waals surface area contributed by atoms with E-state index in [1.807, 2.05) is 6.92 Å². The fourth-order valence-corrected chi connectivity index (χ4v) is 1.04. The Hall–Kier alpha value is -0.930. The predicted octanol–water partition coefficient (Wildman–Crippen LogP) is 1.43. The Bertz CT molecular complexity index is 219. The first-order valence-corrected chi connectivity index (χ1v) is 4.63. The smallest absolute Gasteiger partial charge is 0.164 e. The monoisotopic (exact) mass is 168 g/mol. The van der Waals surface area contributed by atoms with Crippen LogP contribution in [0.3, 0.4) is 0 Å². The first kappa shape index (κ1) is 9.16. The number of unbranched alkanes of at least 4 members (excludes halogenated alkanes) is 2. The van der Waals surface area contributed by atoms with Crippen molar-refractivity contribution in [3.05, 3.63) is 5.82 Å². The maximum atomic E-state index is 4.19. The molecular weight excluding hydrogens is 152 g/mol. The van der Waals surface area contributed by atoms with Crippen LogP contribution >= 0.6 is 0 Å². The van der Waals surface area contributed by atoms with Gasteiger partial charge in [0.25, 0.3) is 0 Å². The molecule has 0 N–H and O–H groups in total. The lowest BCUT2D eigenvalue weighted by molar-refractivity contribution is 0.549. The molecular formula is C8H16N4. The number of rotatable bonds is 5. The van der Waals surface area contributed by atoms with Gasteiger partial charge < -0.3 is 0 Å². The maximum absolute atomic E-state index is 4.19. The van der Waals surface area contributed by atoms with Crippen molar-refractivity contribution in [3.8, 4) is 0 Å². The van der Waals surface area contributed by atoms with Crippen LogP contribution in [0.2, 0.25) is 0 Å². The molecule has 0 aliphatic carbocycles. The van der Waals surface area contributed by atoms with Gasteiger partial charge in [0.2, 0.25) is 0 Å². The Balaban J connectivity index is 2.31. The lowest BCUT2D eigenvalue weighted by Crippen LogP contribution is -1.99. The van der Waals surface area contributed by atoms with Gasteiger partial charge in [0.05, 0.1) is 6.54 Å². The molecule has 68 valence electrons. The Morgan fingerprint density at radius 2 is 2.08 bits per heavy atom. The Kier molecular flexibility index (Phi) is 3.70. The SMILES string of the molecule is CCCCCc1nnn(CC)n1. The highest BCUT2D eigenvalue weighted by Gasteiger charge is 1.99. The molecule has 0 aliphatic rings. The summed E-state index contributed by atoms with van der Waals surface area (Å²) in [6.45, 7) is 5.01. The molecule has 0 fully saturated rings. The topological polar surface area (TPSA) is 43.6 Å². The van der Waals surface area contributed by atoms with Crippen LogP contribution in [0.5, 0.6) is 0 Å². The van der Waals surface area contributed by atoms with Crippen molar-refractivity contribution in [3.63, 3.8) is 0 Å². The summed E-state index contributed by atoms with van der Waals surface area (Å²) in [4.78, 5) is 1.63. The van der Waals surface area contributed by atoms with Crippen molar-refractivity contribution < 1.29 is 0 Å². The Labute approximate surface area is 73.0 Å². The normalized spacial score (nSPS) is 10.5. The van der Waals surface area contributed by atoms with Crippen molar-refractivity contribution >= 4 is 0 Å². The predicted molar refractivity (Wildman–Crippen MR) is 46.7 cm³/mol. The molecule has 0 saturated heterocycles. The molecule has 1 rings (SSSR count). The number of nitrogens with zero attached hydrogens (tertiary/aromatic N) is 4. The number of aromatic nitrogens is 4. The van der Waals surface area contributed by atoms with Gasteiger partial charge in [0.1, 0.15) is 0 Å². The van der Waals surface area contributed by atoms with Crippen LogP contribution in [-0.4, -0.2) is 20.2 Å². The van der Waals surface area contributed by atoms with Gasteiger partial charge in [-0.1, -0.05) is 19.8 Å². The van der Waals surface area contributed by atoms with Crippen LogP contribution in [-0.2, 0) is 13.0 Å². The zero-order valence-corrected chi connectivity index (χ0v) is 7.82. The minimum Gasteiger partial charge on any atom is -0.164 e. The molecule has 0 aliphatic heterocycles. The summed E-state index contributed by atoms with van der Waals surface area (Å²) in [5.41, 5.74) is 0. The highest BCUT2D eigenvalue weighted by molar-refractivity contribution is 4.76. The molecule has 0 radical (unpaired) electrons. The van der Waals surface area contributed by atoms with E-state index in [0.717, 1.165) is 18.8 Å². The van der Waals surface area contributed by atoms with E-state index >= 15 is 0 Å². The van der Waals surface area contributed by atoms with Crippen LogP contribution in [0, 0.1) is 0 Å². The van der Waals surface area contributed by atoms with E-state index in [0.29, 0.717) is 0 Å². The van der Waals surface area contributed by atoms with Gasteiger partial charge >= 0.3 is 0 Å². The van der Waals surface area contributed by atoms with Gasteiger partial charge in [-0.3, -0.25) is 0 Å². The van der Waals surface area contributed by atoms with E-state index in [4.69, 9.17) is 0 Å². The van der Waals surface area contributed by atoms with E-state index in [1.165, 1.54) is 19.3 Å². The summed E-state index contributed by atoms with van der Waals surface area (Å²) < 4.78 is 0. The number of hydrogen-bond donors (Lipinski definition) is 0. The fraction of sp³-hybridized carbons (Fsp3) is 0.875. The second-order valence-corrected chi connectivity index (χ2v) is 2.85. The highest BCUT2D eigenvalue weighted by Crippen LogP contribution is 1.99. The summed E-state index contributed by atoms with van der Waals surface area (Å²) in [6, 6.07) is 0. The number of tetrazole rings is 1. The molecule has 1 aromatic rings. The molecule has 4 nitrogen and oxygen atoms in total. The molecule has 0 aromatic carbocycles. The van der Waals surface area contributed by atoms with Gasteiger partial charge in [-0.05, 0) is 18.6 Å². The van der Waals surface area contributed by atoms with Gasteiger partial charge in [-0.2, -0.15) is 4.80 Å². The third-order valence-electron chi connectivity index (χ3n) is 1.78. The van der Waals surface area contributed by atoms with Crippen LogP contribution < -0.4 is 0 Å². The quantitative estimate of drug-likeness (QED) is 0.624. The summed E-state index contributed by atoms with van der Waals surface area (Å²) in [5, 5.41) is 12.0. The van der Waals surface area contributed by atoms with E-state index < -0.39 is 0 Å². The van der Waals surface area contributed by atoms with Gasteiger partial charge in [-0.15, -0.1) is 10.2 Å². The molecule has 1 aromatic heterocycles. The molecule has 0 saturated carbocycles. The Morgan fingerprint density at radius 1 is 1.25 bits per heavy atom. The van der Waals surface area contributed by atoms with Crippen LogP contribution in [0.1, 0.15) is 38.9 Å². The Morgan fingerprint density at radius 3 is 2.67 bits per heavy atom. The number of hydrogen-bond acceptors (Lipinski definition) is 3. The van der Waals surface area contributed by atoms with Crippen molar-refractivity contribution in [2.75, 3.05) is 0 Å². The summed E-state index contributed by atoms with van der Waals surface area (Å²) in [7, 11) is 0. The van der Waals surface area contributed by atoms with Crippen LogP contribution in [0.15, 0.2) is 0 Å². The molecule has 12 heavy (non-hydrogen) atoms. The molecule has 0 spiro atoms. The van der Waals surface area contributed by atoms with E-state index in [1.54, 1.807) is 4.80 Å². The van der Waals surface area contributed by atoms with Crippen LogP contribution in [0.25, 0.3) is 0 Å². The third-order valence-corrected chi connectivity index (χ3v) is 1.78. The minimum absolute atomic E-state index is 0.806. The molecule has 1 heterocycles. The molecule has 0 bridgehead atoms. The van der Waals surface area contributed by atoms with E-state index in [-0.39, 0.29) is 0 Å².